The van der Waals surface area contributed by atoms with Crippen molar-refractivity contribution in [3.63, 3.8) is 0 Å². The Morgan fingerprint density at radius 3 is 2.18 bits per heavy atom. The van der Waals surface area contributed by atoms with E-state index in [0.29, 0.717) is 12.8 Å². The molecule has 2 rings (SSSR count). The van der Waals surface area contributed by atoms with Crippen molar-refractivity contribution in [1.29, 1.82) is 0 Å². The van der Waals surface area contributed by atoms with Crippen LogP contribution in [-0.2, 0) is 25.6 Å². The third-order valence-electron chi connectivity index (χ3n) is 5.71. The molecule has 33 heavy (non-hydrogen) atoms. The zero-order valence-corrected chi connectivity index (χ0v) is 20.0. The lowest BCUT2D eigenvalue weighted by atomic mass is 9.95. The summed E-state index contributed by atoms with van der Waals surface area (Å²) in [5.74, 6) is -1.23. The molecule has 0 bridgehead atoms. The van der Waals surface area contributed by atoms with Gasteiger partial charge in [0.15, 0.2) is 0 Å². The number of nitrogens with one attached hydrogen (secondary N) is 4. The Morgan fingerprint density at radius 1 is 0.909 bits per heavy atom. The smallest absolute Gasteiger partial charge is 0.243 e. The average molecular weight is 459 g/mol. The van der Waals surface area contributed by atoms with Crippen LogP contribution in [0.25, 0.3) is 0 Å². The standard InChI is InChI=1S/C25H38N4O4/c1-17(2)14-21(24(32)26-16-23(31)28-20-12-8-5-9-13-20)29-25(33)22(27-18(3)30)15-19-10-6-4-7-11-19/h4,6-7,10-11,17,20-22H,5,8-9,12-16H2,1-3H3,(H,26,32)(H,27,30)(H,28,31)(H,29,33)/t21-,22-/m0/s1. The van der Waals surface area contributed by atoms with Crippen LogP contribution >= 0.6 is 0 Å². The lowest BCUT2D eigenvalue weighted by molar-refractivity contribution is -0.132. The molecule has 0 heterocycles. The minimum absolute atomic E-state index is 0.126. The lowest BCUT2D eigenvalue weighted by Crippen LogP contribution is -2.55. The largest absolute Gasteiger partial charge is 0.352 e. The van der Waals surface area contributed by atoms with Crippen molar-refractivity contribution >= 4 is 23.6 Å². The van der Waals surface area contributed by atoms with Gasteiger partial charge in [-0.15, -0.1) is 0 Å². The van der Waals surface area contributed by atoms with Crippen LogP contribution in [0, 0.1) is 5.92 Å². The van der Waals surface area contributed by atoms with E-state index in [9.17, 15) is 19.2 Å². The predicted octanol–water partition coefficient (Wildman–Crippen LogP) is 1.83. The minimum Gasteiger partial charge on any atom is -0.352 e. The first-order chi connectivity index (χ1) is 15.7. The Balaban J connectivity index is 1.96. The van der Waals surface area contributed by atoms with Crippen LogP contribution in [0.15, 0.2) is 30.3 Å². The molecule has 0 aromatic heterocycles. The Labute approximate surface area is 196 Å². The van der Waals surface area contributed by atoms with Gasteiger partial charge < -0.3 is 21.3 Å². The summed E-state index contributed by atoms with van der Waals surface area (Å²) in [5.41, 5.74) is 0.899. The molecule has 1 saturated carbocycles. The quantitative estimate of drug-likeness (QED) is 0.405. The van der Waals surface area contributed by atoms with E-state index in [2.05, 4.69) is 21.3 Å². The molecule has 8 nitrogen and oxygen atoms in total. The third-order valence-corrected chi connectivity index (χ3v) is 5.71. The molecule has 0 spiro atoms. The highest BCUT2D eigenvalue weighted by atomic mass is 16.2. The number of hydrogen-bond acceptors (Lipinski definition) is 4. The monoisotopic (exact) mass is 458 g/mol. The number of hydrogen-bond donors (Lipinski definition) is 4. The molecule has 0 saturated heterocycles. The van der Waals surface area contributed by atoms with Crippen molar-refractivity contribution in [2.45, 2.75) is 83.8 Å². The summed E-state index contributed by atoms with van der Waals surface area (Å²) in [7, 11) is 0. The Hall–Kier alpha value is -2.90. The molecule has 1 aliphatic carbocycles. The highest BCUT2D eigenvalue weighted by Crippen LogP contribution is 2.17. The highest BCUT2D eigenvalue weighted by molar-refractivity contribution is 5.93. The molecule has 2 atom stereocenters. The van der Waals surface area contributed by atoms with Gasteiger partial charge in [0.1, 0.15) is 12.1 Å². The van der Waals surface area contributed by atoms with Gasteiger partial charge in [0, 0.05) is 19.4 Å². The van der Waals surface area contributed by atoms with Gasteiger partial charge in [-0.05, 0) is 30.7 Å². The van der Waals surface area contributed by atoms with E-state index in [1.54, 1.807) is 0 Å². The summed E-state index contributed by atoms with van der Waals surface area (Å²) < 4.78 is 0. The summed E-state index contributed by atoms with van der Waals surface area (Å²) in [5, 5.41) is 11.1. The van der Waals surface area contributed by atoms with Crippen LogP contribution in [0.2, 0.25) is 0 Å². The van der Waals surface area contributed by atoms with Crippen LogP contribution < -0.4 is 21.3 Å². The second-order valence-corrected chi connectivity index (χ2v) is 9.25. The van der Waals surface area contributed by atoms with Gasteiger partial charge in [-0.25, -0.2) is 0 Å². The Kier molecular flexibility index (Phi) is 10.9. The summed E-state index contributed by atoms with van der Waals surface area (Å²) in [6.07, 6.45) is 6.08. The van der Waals surface area contributed by atoms with E-state index in [0.717, 1.165) is 31.2 Å². The second kappa shape index (κ2) is 13.6. The molecule has 1 fully saturated rings. The van der Waals surface area contributed by atoms with Crippen molar-refractivity contribution in [2.24, 2.45) is 5.92 Å². The number of carbonyl (C=O) groups is 4. The average Bonchev–Trinajstić information content (AvgIpc) is 2.77. The summed E-state index contributed by atoms with van der Waals surface area (Å²) in [6.45, 7) is 5.14. The second-order valence-electron chi connectivity index (χ2n) is 9.25. The van der Waals surface area contributed by atoms with Crippen LogP contribution in [0.1, 0.15) is 64.9 Å². The van der Waals surface area contributed by atoms with E-state index in [1.165, 1.54) is 13.3 Å². The van der Waals surface area contributed by atoms with Gasteiger partial charge in [-0.2, -0.15) is 0 Å². The van der Waals surface area contributed by atoms with Crippen molar-refractivity contribution < 1.29 is 19.2 Å². The molecule has 0 aliphatic heterocycles. The Morgan fingerprint density at radius 2 is 1.58 bits per heavy atom. The molecule has 0 unspecified atom stereocenters. The number of benzene rings is 1. The zero-order valence-electron chi connectivity index (χ0n) is 20.0. The van der Waals surface area contributed by atoms with Gasteiger partial charge in [-0.3, -0.25) is 19.2 Å². The normalized spacial score (nSPS) is 15.9. The van der Waals surface area contributed by atoms with E-state index in [1.807, 2.05) is 44.2 Å². The SMILES string of the molecule is CC(=O)N[C@@H](Cc1ccccc1)C(=O)N[C@@H](CC(C)C)C(=O)NCC(=O)NC1CCCCC1. The maximum absolute atomic E-state index is 13.0. The van der Waals surface area contributed by atoms with Crippen molar-refractivity contribution in [3.05, 3.63) is 35.9 Å². The van der Waals surface area contributed by atoms with Crippen LogP contribution in [0.4, 0.5) is 0 Å². The molecule has 1 aromatic rings. The van der Waals surface area contributed by atoms with Gasteiger partial charge >= 0.3 is 0 Å². The molecule has 8 heteroatoms. The molecule has 4 amide bonds. The van der Waals surface area contributed by atoms with Crippen LogP contribution in [0.3, 0.4) is 0 Å². The van der Waals surface area contributed by atoms with E-state index in [4.69, 9.17) is 0 Å². The first-order valence-electron chi connectivity index (χ1n) is 11.9. The van der Waals surface area contributed by atoms with Crippen molar-refractivity contribution in [3.8, 4) is 0 Å². The van der Waals surface area contributed by atoms with Crippen LogP contribution in [-0.4, -0.2) is 48.3 Å². The van der Waals surface area contributed by atoms with E-state index in [-0.39, 0.29) is 30.3 Å². The van der Waals surface area contributed by atoms with Gasteiger partial charge in [-0.1, -0.05) is 63.4 Å². The minimum atomic E-state index is -0.804. The van der Waals surface area contributed by atoms with Gasteiger partial charge in [0.05, 0.1) is 6.54 Å². The molecular formula is C25H38N4O4. The first kappa shape index (κ1) is 26.4. The number of rotatable bonds is 11. The molecule has 1 aromatic carbocycles. The zero-order chi connectivity index (χ0) is 24.2. The predicted molar refractivity (Wildman–Crippen MR) is 127 cm³/mol. The molecule has 4 N–H and O–H groups in total. The fraction of sp³-hybridized carbons (Fsp3) is 0.600. The number of carbonyl (C=O) groups excluding carboxylic acids is 4. The topological polar surface area (TPSA) is 116 Å². The summed E-state index contributed by atoms with van der Waals surface area (Å²) >= 11 is 0. The maximum Gasteiger partial charge on any atom is 0.243 e. The van der Waals surface area contributed by atoms with Crippen LogP contribution in [0.5, 0.6) is 0 Å². The van der Waals surface area contributed by atoms with Crippen molar-refractivity contribution in [2.75, 3.05) is 6.54 Å². The maximum atomic E-state index is 13.0. The van der Waals surface area contributed by atoms with Gasteiger partial charge in [0.2, 0.25) is 23.6 Å². The third kappa shape index (κ3) is 10.1. The summed E-state index contributed by atoms with van der Waals surface area (Å²) in [4.78, 5) is 49.7. The highest BCUT2D eigenvalue weighted by Gasteiger charge is 2.27. The lowest BCUT2D eigenvalue weighted by Gasteiger charge is -2.25. The van der Waals surface area contributed by atoms with Crippen molar-refractivity contribution in [1.82, 2.24) is 21.3 Å². The Bertz CT molecular complexity index is 791. The first-order valence-corrected chi connectivity index (χ1v) is 11.9. The van der Waals surface area contributed by atoms with E-state index >= 15 is 0 Å². The number of amides is 4. The van der Waals surface area contributed by atoms with Gasteiger partial charge in [0.25, 0.3) is 0 Å². The molecule has 0 radical (unpaired) electrons. The van der Waals surface area contributed by atoms with E-state index < -0.39 is 23.9 Å². The molecule has 182 valence electrons. The fourth-order valence-electron chi connectivity index (χ4n) is 4.10. The molecule has 1 aliphatic rings. The fourth-order valence-corrected chi connectivity index (χ4v) is 4.10. The molecular weight excluding hydrogens is 420 g/mol. The summed E-state index contributed by atoms with van der Waals surface area (Å²) in [6, 6.07) is 7.94.